The summed E-state index contributed by atoms with van der Waals surface area (Å²) in [5.74, 6) is -0.363. The Hall–Kier alpha value is -0.640. The Morgan fingerprint density at radius 2 is 2.00 bits per heavy atom. The fourth-order valence-electron chi connectivity index (χ4n) is 1.88. The number of aliphatic hydroxyl groups excluding tert-OH is 1. The highest BCUT2D eigenvalue weighted by atomic mass is 35.5. The third kappa shape index (κ3) is 2.73. The summed E-state index contributed by atoms with van der Waals surface area (Å²) in [4.78, 5) is 1.98. The molecule has 1 aromatic rings. The molecule has 0 bridgehead atoms. The smallest absolute Gasteiger partial charge is 0.129 e. The van der Waals surface area contributed by atoms with E-state index in [1.54, 1.807) is 12.1 Å². The second-order valence-electron chi connectivity index (χ2n) is 3.55. The van der Waals surface area contributed by atoms with Crippen molar-refractivity contribution in [1.29, 1.82) is 0 Å². The molecule has 4 heteroatoms. The predicted octanol–water partition coefficient (Wildman–Crippen LogP) is 2.85. The molecule has 1 unspecified atom stereocenters. The Morgan fingerprint density at radius 3 is 2.44 bits per heavy atom. The van der Waals surface area contributed by atoms with Gasteiger partial charge in [-0.15, -0.1) is 0 Å². The molecule has 0 saturated carbocycles. The van der Waals surface area contributed by atoms with Crippen molar-refractivity contribution < 1.29 is 9.50 Å². The summed E-state index contributed by atoms with van der Waals surface area (Å²) in [5, 5.41) is 9.76. The lowest BCUT2D eigenvalue weighted by Gasteiger charge is -2.29. The van der Waals surface area contributed by atoms with Crippen LogP contribution in [-0.4, -0.2) is 29.7 Å². The fourth-order valence-corrected chi connectivity index (χ4v) is 2.17. The topological polar surface area (TPSA) is 23.5 Å². The molecule has 1 rings (SSSR count). The highest BCUT2D eigenvalue weighted by Gasteiger charge is 2.22. The van der Waals surface area contributed by atoms with Crippen LogP contribution < -0.4 is 0 Å². The fraction of sp³-hybridized carbons (Fsp3) is 0.500. The van der Waals surface area contributed by atoms with Crippen molar-refractivity contribution in [3.63, 3.8) is 0 Å². The first kappa shape index (κ1) is 13.4. The predicted molar refractivity (Wildman–Crippen MR) is 64.2 cm³/mol. The van der Waals surface area contributed by atoms with Gasteiger partial charge in [0, 0.05) is 10.6 Å². The molecule has 1 N–H and O–H groups in total. The lowest BCUT2D eigenvalue weighted by Crippen LogP contribution is -2.31. The third-order valence-electron chi connectivity index (χ3n) is 2.76. The molecule has 16 heavy (non-hydrogen) atoms. The van der Waals surface area contributed by atoms with E-state index in [9.17, 15) is 9.50 Å². The average Bonchev–Trinajstić information content (AvgIpc) is 2.28. The van der Waals surface area contributed by atoms with Gasteiger partial charge in [0.25, 0.3) is 0 Å². The van der Waals surface area contributed by atoms with Crippen LogP contribution in [-0.2, 0) is 0 Å². The minimum absolute atomic E-state index is 0.137. The van der Waals surface area contributed by atoms with Crippen molar-refractivity contribution >= 4 is 11.6 Å². The lowest BCUT2D eigenvalue weighted by atomic mass is 10.1. The second-order valence-corrected chi connectivity index (χ2v) is 3.96. The maximum Gasteiger partial charge on any atom is 0.129 e. The van der Waals surface area contributed by atoms with E-state index in [1.165, 1.54) is 6.07 Å². The van der Waals surface area contributed by atoms with Crippen LogP contribution in [0, 0.1) is 5.82 Å². The highest BCUT2D eigenvalue weighted by Crippen LogP contribution is 2.29. The average molecular weight is 246 g/mol. The van der Waals surface area contributed by atoms with E-state index in [0.29, 0.717) is 10.6 Å². The Labute approximate surface area is 101 Å². The zero-order valence-electron chi connectivity index (χ0n) is 9.58. The van der Waals surface area contributed by atoms with Crippen LogP contribution in [0.25, 0.3) is 0 Å². The van der Waals surface area contributed by atoms with Crippen molar-refractivity contribution in [2.24, 2.45) is 0 Å². The van der Waals surface area contributed by atoms with Crippen molar-refractivity contribution in [3.05, 3.63) is 34.6 Å². The Bertz CT molecular complexity index is 322. The van der Waals surface area contributed by atoms with Gasteiger partial charge in [0.05, 0.1) is 12.6 Å². The summed E-state index contributed by atoms with van der Waals surface area (Å²) in [7, 11) is 0. The van der Waals surface area contributed by atoms with E-state index in [1.807, 2.05) is 18.7 Å². The number of rotatable bonds is 5. The molecule has 0 spiro atoms. The van der Waals surface area contributed by atoms with Crippen LogP contribution in [0.4, 0.5) is 4.39 Å². The van der Waals surface area contributed by atoms with Gasteiger partial charge in [0.2, 0.25) is 0 Å². The molecule has 1 atom stereocenters. The van der Waals surface area contributed by atoms with Crippen molar-refractivity contribution in [2.45, 2.75) is 19.9 Å². The number of hydrogen-bond acceptors (Lipinski definition) is 2. The van der Waals surface area contributed by atoms with Gasteiger partial charge in [-0.05, 0) is 25.2 Å². The van der Waals surface area contributed by atoms with Gasteiger partial charge in [0.15, 0.2) is 0 Å². The number of nitrogens with zero attached hydrogens (tertiary/aromatic N) is 1. The van der Waals surface area contributed by atoms with E-state index >= 15 is 0 Å². The van der Waals surface area contributed by atoms with E-state index in [4.69, 9.17) is 11.6 Å². The number of hydrogen-bond donors (Lipinski definition) is 1. The minimum atomic E-state index is -0.372. The Kier molecular flexibility index (Phi) is 5.19. The maximum absolute atomic E-state index is 13.7. The summed E-state index contributed by atoms with van der Waals surface area (Å²) >= 11 is 5.98. The van der Waals surface area contributed by atoms with E-state index in [-0.39, 0.29) is 18.5 Å². The molecule has 0 fully saturated rings. The van der Waals surface area contributed by atoms with Crippen molar-refractivity contribution in [1.82, 2.24) is 4.90 Å². The zero-order chi connectivity index (χ0) is 12.1. The zero-order valence-corrected chi connectivity index (χ0v) is 10.3. The number of benzene rings is 1. The molecule has 0 aliphatic heterocycles. The first-order valence-corrected chi connectivity index (χ1v) is 5.82. The summed E-state index contributed by atoms with van der Waals surface area (Å²) in [6, 6.07) is 4.21. The van der Waals surface area contributed by atoms with Crippen molar-refractivity contribution in [3.8, 4) is 0 Å². The van der Waals surface area contributed by atoms with Gasteiger partial charge in [-0.3, -0.25) is 4.90 Å². The molecular weight excluding hydrogens is 229 g/mol. The van der Waals surface area contributed by atoms with Gasteiger partial charge in [-0.25, -0.2) is 4.39 Å². The van der Waals surface area contributed by atoms with Crippen molar-refractivity contribution in [2.75, 3.05) is 19.7 Å². The van der Waals surface area contributed by atoms with Gasteiger partial charge in [0.1, 0.15) is 5.82 Å². The van der Waals surface area contributed by atoms with Crippen LogP contribution in [0.15, 0.2) is 18.2 Å². The van der Waals surface area contributed by atoms with E-state index in [2.05, 4.69) is 0 Å². The largest absolute Gasteiger partial charge is 0.394 e. The summed E-state index contributed by atoms with van der Waals surface area (Å²) in [6.45, 7) is 5.29. The molecule has 1 aromatic carbocycles. The first-order chi connectivity index (χ1) is 7.65. The van der Waals surface area contributed by atoms with Crippen LogP contribution >= 0.6 is 11.6 Å². The molecule has 0 amide bonds. The SMILES string of the molecule is CCN(CC)C(CO)c1c(F)cccc1Cl. The standard InChI is InChI=1S/C12H17ClFNO/c1-3-15(4-2)11(8-16)12-9(13)6-5-7-10(12)14/h5-7,11,16H,3-4,8H2,1-2H3. The van der Waals surface area contributed by atoms with Crippen LogP contribution in [0.5, 0.6) is 0 Å². The Balaban J connectivity index is 3.12. The highest BCUT2D eigenvalue weighted by molar-refractivity contribution is 6.31. The monoisotopic (exact) mass is 245 g/mol. The van der Waals surface area contributed by atoms with Crippen LogP contribution in [0.2, 0.25) is 5.02 Å². The number of halogens is 2. The van der Waals surface area contributed by atoms with Crippen LogP contribution in [0.3, 0.4) is 0 Å². The van der Waals surface area contributed by atoms with Gasteiger partial charge < -0.3 is 5.11 Å². The minimum Gasteiger partial charge on any atom is -0.394 e. The number of likely N-dealkylation sites (N-methyl/N-ethyl adjacent to an activating group) is 1. The molecular formula is C12H17ClFNO. The van der Waals surface area contributed by atoms with Gasteiger partial charge in [-0.2, -0.15) is 0 Å². The quantitative estimate of drug-likeness (QED) is 0.862. The summed E-state index contributed by atoms with van der Waals surface area (Å²) in [5.41, 5.74) is 0.385. The molecule has 0 aliphatic rings. The molecule has 0 saturated heterocycles. The molecule has 2 nitrogen and oxygen atoms in total. The first-order valence-electron chi connectivity index (χ1n) is 5.44. The summed E-state index contributed by atoms with van der Waals surface area (Å²) in [6.07, 6.45) is 0. The van der Waals surface area contributed by atoms with Gasteiger partial charge in [-0.1, -0.05) is 31.5 Å². The second kappa shape index (κ2) is 6.18. The molecule has 0 heterocycles. The number of aliphatic hydroxyl groups is 1. The maximum atomic E-state index is 13.7. The lowest BCUT2D eigenvalue weighted by molar-refractivity contribution is 0.131. The summed E-state index contributed by atoms with van der Waals surface area (Å²) < 4.78 is 13.7. The molecule has 0 radical (unpaired) electrons. The van der Waals surface area contributed by atoms with Gasteiger partial charge >= 0.3 is 0 Å². The normalized spacial score (nSPS) is 13.1. The molecule has 0 aromatic heterocycles. The van der Waals surface area contributed by atoms with Crippen LogP contribution in [0.1, 0.15) is 25.5 Å². The molecule has 0 aliphatic carbocycles. The van der Waals surface area contributed by atoms with E-state index in [0.717, 1.165) is 13.1 Å². The third-order valence-corrected chi connectivity index (χ3v) is 3.09. The van der Waals surface area contributed by atoms with E-state index < -0.39 is 0 Å². The molecule has 90 valence electrons. The Morgan fingerprint density at radius 1 is 1.38 bits per heavy atom.